The van der Waals surface area contributed by atoms with Crippen LogP contribution in [0.5, 0.6) is 5.75 Å². The predicted molar refractivity (Wildman–Crippen MR) is 70.0 cm³/mol. The third-order valence-electron chi connectivity index (χ3n) is 3.27. The van der Waals surface area contributed by atoms with Crippen molar-refractivity contribution in [1.29, 1.82) is 0 Å². The highest BCUT2D eigenvalue weighted by Gasteiger charge is 2.24. The molecule has 0 bridgehead atoms. The molecule has 0 atom stereocenters. The van der Waals surface area contributed by atoms with E-state index in [0.29, 0.717) is 6.04 Å². The van der Waals surface area contributed by atoms with Gasteiger partial charge in [0.15, 0.2) is 0 Å². The molecule has 0 amide bonds. The summed E-state index contributed by atoms with van der Waals surface area (Å²) in [6.45, 7) is 4.73. The molecule has 17 heavy (non-hydrogen) atoms. The molecule has 0 radical (unpaired) electrons. The van der Waals surface area contributed by atoms with Gasteiger partial charge in [-0.05, 0) is 49.9 Å². The summed E-state index contributed by atoms with van der Waals surface area (Å²) in [7, 11) is 0. The number of benzene rings is 1. The van der Waals surface area contributed by atoms with Crippen LogP contribution < -0.4 is 15.8 Å². The molecule has 0 spiro atoms. The molecule has 1 fully saturated rings. The highest BCUT2D eigenvalue weighted by molar-refractivity contribution is 5.27. The molecule has 1 saturated carbocycles. The zero-order valence-corrected chi connectivity index (χ0v) is 10.5. The monoisotopic (exact) mass is 234 g/mol. The molecular formula is C14H22N2O. The van der Waals surface area contributed by atoms with Crippen molar-refractivity contribution in [1.82, 2.24) is 5.32 Å². The molecule has 3 nitrogen and oxygen atoms in total. The summed E-state index contributed by atoms with van der Waals surface area (Å²) in [6, 6.07) is 8.74. The Kier molecular flexibility index (Phi) is 4.40. The van der Waals surface area contributed by atoms with E-state index >= 15 is 0 Å². The van der Waals surface area contributed by atoms with E-state index in [9.17, 15) is 0 Å². The third-order valence-corrected chi connectivity index (χ3v) is 3.27. The molecule has 0 unspecified atom stereocenters. The van der Waals surface area contributed by atoms with Crippen LogP contribution >= 0.6 is 0 Å². The molecule has 2 rings (SSSR count). The first kappa shape index (κ1) is 12.4. The summed E-state index contributed by atoms with van der Waals surface area (Å²) in [4.78, 5) is 0. The lowest BCUT2D eigenvalue weighted by atomic mass is 9.81. The summed E-state index contributed by atoms with van der Waals surface area (Å²) in [5.41, 5.74) is 7.06. The van der Waals surface area contributed by atoms with E-state index in [4.69, 9.17) is 10.5 Å². The molecule has 0 aliphatic heterocycles. The second kappa shape index (κ2) is 6.03. The van der Waals surface area contributed by atoms with Gasteiger partial charge < -0.3 is 15.8 Å². The van der Waals surface area contributed by atoms with Crippen molar-refractivity contribution in [3.63, 3.8) is 0 Å². The van der Waals surface area contributed by atoms with E-state index in [0.717, 1.165) is 31.4 Å². The molecule has 3 N–H and O–H groups in total. The maximum Gasteiger partial charge on any atom is 0.119 e. The quantitative estimate of drug-likeness (QED) is 0.790. The maximum absolute atomic E-state index is 5.76. The van der Waals surface area contributed by atoms with E-state index in [1.807, 2.05) is 19.1 Å². The number of nitrogens with one attached hydrogen (secondary N) is 1. The van der Waals surface area contributed by atoms with Crippen molar-refractivity contribution in [2.75, 3.05) is 13.2 Å². The highest BCUT2D eigenvalue weighted by atomic mass is 16.5. The molecule has 1 aromatic rings. The minimum atomic E-state index is 0.451. The second-order valence-electron chi connectivity index (χ2n) is 4.81. The summed E-state index contributed by atoms with van der Waals surface area (Å²) in [5.74, 6) is 1.73. The van der Waals surface area contributed by atoms with Crippen LogP contribution in [-0.4, -0.2) is 19.2 Å². The summed E-state index contributed by atoms with van der Waals surface area (Å²) in [5, 5.41) is 3.48. The number of nitrogens with two attached hydrogens (primary N) is 1. The van der Waals surface area contributed by atoms with Gasteiger partial charge in [0, 0.05) is 12.6 Å². The van der Waals surface area contributed by atoms with Gasteiger partial charge in [-0.3, -0.25) is 0 Å². The minimum absolute atomic E-state index is 0.451. The van der Waals surface area contributed by atoms with Gasteiger partial charge >= 0.3 is 0 Å². The van der Waals surface area contributed by atoms with Gasteiger partial charge in [0.05, 0.1) is 6.61 Å². The van der Waals surface area contributed by atoms with Crippen molar-refractivity contribution in [2.45, 2.75) is 32.4 Å². The molecule has 3 heteroatoms. The van der Waals surface area contributed by atoms with Crippen molar-refractivity contribution >= 4 is 0 Å². The number of hydrogen-bond donors (Lipinski definition) is 2. The lowest BCUT2D eigenvalue weighted by Crippen LogP contribution is -2.41. The first-order valence-corrected chi connectivity index (χ1v) is 6.46. The lowest BCUT2D eigenvalue weighted by Gasteiger charge is -2.32. The van der Waals surface area contributed by atoms with Gasteiger partial charge in [0.25, 0.3) is 0 Å². The Balaban J connectivity index is 1.68. The molecule has 0 heterocycles. The van der Waals surface area contributed by atoms with Crippen LogP contribution in [0.25, 0.3) is 0 Å². The molecule has 1 aromatic carbocycles. The van der Waals surface area contributed by atoms with Crippen molar-refractivity contribution in [3.8, 4) is 5.75 Å². The highest BCUT2D eigenvalue weighted by Crippen LogP contribution is 2.24. The Morgan fingerprint density at radius 2 is 2.00 bits per heavy atom. The van der Waals surface area contributed by atoms with Gasteiger partial charge in [-0.25, -0.2) is 0 Å². The first-order chi connectivity index (χ1) is 8.28. The Bertz CT molecular complexity index is 331. The Hall–Kier alpha value is -1.06. The summed E-state index contributed by atoms with van der Waals surface area (Å²) < 4.78 is 5.41. The molecule has 0 aromatic heterocycles. The van der Waals surface area contributed by atoms with Gasteiger partial charge in [-0.15, -0.1) is 0 Å². The standard InChI is InChI=1S/C14H22N2O/c1-2-17-14-5-3-11(4-6-14)9-16-10-12-7-13(15)8-12/h3-6,12-13,16H,2,7-10,15H2,1H3. The van der Waals surface area contributed by atoms with Gasteiger partial charge in [0.2, 0.25) is 0 Å². The van der Waals surface area contributed by atoms with Crippen LogP contribution in [-0.2, 0) is 6.54 Å². The fraction of sp³-hybridized carbons (Fsp3) is 0.571. The van der Waals surface area contributed by atoms with E-state index < -0.39 is 0 Å². The average Bonchev–Trinajstić information content (AvgIpc) is 2.29. The Morgan fingerprint density at radius 1 is 1.29 bits per heavy atom. The third kappa shape index (κ3) is 3.72. The van der Waals surface area contributed by atoms with Gasteiger partial charge in [-0.2, -0.15) is 0 Å². The van der Waals surface area contributed by atoms with Crippen LogP contribution in [0.1, 0.15) is 25.3 Å². The molecule has 1 aliphatic carbocycles. The summed E-state index contributed by atoms with van der Waals surface area (Å²) >= 11 is 0. The van der Waals surface area contributed by atoms with Crippen LogP contribution in [0.2, 0.25) is 0 Å². The largest absolute Gasteiger partial charge is 0.494 e. The Morgan fingerprint density at radius 3 is 2.59 bits per heavy atom. The maximum atomic E-state index is 5.76. The van der Waals surface area contributed by atoms with E-state index in [2.05, 4.69) is 17.4 Å². The fourth-order valence-corrected chi connectivity index (χ4v) is 2.24. The number of hydrogen-bond acceptors (Lipinski definition) is 3. The van der Waals surface area contributed by atoms with Crippen molar-refractivity contribution in [3.05, 3.63) is 29.8 Å². The molecule has 1 aliphatic rings. The van der Waals surface area contributed by atoms with E-state index in [1.165, 1.54) is 18.4 Å². The van der Waals surface area contributed by atoms with Crippen molar-refractivity contribution in [2.24, 2.45) is 11.7 Å². The van der Waals surface area contributed by atoms with Crippen LogP contribution in [0.4, 0.5) is 0 Å². The zero-order chi connectivity index (χ0) is 12.1. The average molecular weight is 234 g/mol. The van der Waals surface area contributed by atoms with Crippen LogP contribution in [0.15, 0.2) is 24.3 Å². The predicted octanol–water partition coefficient (Wildman–Crippen LogP) is 1.91. The number of rotatable bonds is 6. The minimum Gasteiger partial charge on any atom is -0.494 e. The second-order valence-corrected chi connectivity index (χ2v) is 4.81. The number of ether oxygens (including phenoxy) is 1. The first-order valence-electron chi connectivity index (χ1n) is 6.46. The fourth-order valence-electron chi connectivity index (χ4n) is 2.24. The SMILES string of the molecule is CCOc1ccc(CNCC2CC(N)C2)cc1. The van der Waals surface area contributed by atoms with Crippen molar-refractivity contribution < 1.29 is 4.74 Å². The van der Waals surface area contributed by atoms with Gasteiger partial charge in [-0.1, -0.05) is 12.1 Å². The van der Waals surface area contributed by atoms with Crippen LogP contribution in [0.3, 0.4) is 0 Å². The lowest BCUT2D eigenvalue weighted by molar-refractivity contribution is 0.256. The van der Waals surface area contributed by atoms with Gasteiger partial charge in [0.1, 0.15) is 5.75 Å². The molecular weight excluding hydrogens is 212 g/mol. The molecule has 0 saturated heterocycles. The summed E-state index contributed by atoms with van der Waals surface area (Å²) in [6.07, 6.45) is 2.35. The van der Waals surface area contributed by atoms with Crippen LogP contribution in [0, 0.1) is 5.92 Å². The smallest absolute Gasteiger partial charge is 0.119 e. The normalized spacial score (nSPS) is 23.2. The molecule has 94 valence electrons. The zero-order valence-electron chi connectivity index (χ0n) is 10.5. The van der Waals surface area contributed by atoms with E-state index in [-0.39, 0.29) is 0 Å². The van der Waals surface area contributed by atoms with E-state index in [1.54, 1.807) is 0 Å². The topological polar surface area (TPSA) is 47.3 Å². The Labute approximate surface area is 103 Å².